The maximum absolute atomic E-state index is 13.1. The highest BCUT2D eigenvalue weighted by Gasteiger charge is 2.19. The summed E-state index contributed by atoms with van der Waals surface area (Å²) in [7, 11) is 0. The lowest BCUT2D eigenvalue weighted by atomic mass is 10.2. The van der Waals surface area contributed by atoms with Gasteiger partial charge in [-0.05, 0) is 44.4 Å². The molecule has 0 bridgehead atoms. The first kappa shape index (κ1) is 20.6. The van der Waals surface area contributed by atoms with E-state index < -0.39 is 0 Å². The minimum atomic E-state index is -0.254. The number of ether oxygens (including phenoxy) is 1. The van der Waals surface area contributed by atoms with Crippen LogP contribution in [0.25, 0.3) is 10.8 Å². The van der Waals surface area contributed by atoms with Gasteiger partial charge in [-0.15, -0.1) is 0 Å². The summed E-state index contributed by atoms with van der Waals surface area (Å²) < 4.78 is 8.84. The lowest BCUT2D eigenvalue weighted by Gasteiger charge is -2.11. The molecular formula is C22H25ClN4O3. The Hall–Kier alpha value is -2.64. The van der Waals surface area contributed by atoms with Gasteiger partial charge < -0.3 is 14.6 Å². The van der Waals surface area contributed by atoms with Crippen LogP contribution in [0.3, 0.4) is 0 Å². The third-order valence-electron chi connectivity index (χ3n) is 5.70. The molecule has 3 aromatic rings. The second-order valence-corrected chi connectivity index (χ2v) is 8.16. The summed E-state index contributed by atoms with van der Waals surface area (Å²) in [6, 6.07) is 7.66. The van der Waals surface area contributed by atoms with Crippen molar-refractivity contribution in [3.8, 4) is 0 Å². The molecule has 1 aromatic carbocycles. The number of rotatable bonds is 6. The third kappa shape index (κ3) is 4.13. The van der Waals surface area contributed by atoms with Crippen LogP contribution >= 0.6 is 11.6 Å². The minimum absolute atomic E-state index is 0.0629. The van der Waals surface area contributed by atoms with Gasteiger partial charge in [0.05, 0.1) is 17.7 Å². The van der Waals surface area contributed by atoms with Gasteiger partial charge in [-0.1, -0.05) is 23.7 Å². The normalized spacial score (nSPS) is 16.3. The number of nitrogens with one attached hydrogen (secondary N) is 1. The average molecular weight is 429 g/mol. The van der Waals surface area contributed by atoms with Gasteiger partial charge in [0.15, 0.2) is 0 Å². The molecule has 1 fully saturated rings. The SMILES string of the molecule is Cc1c2cnn(CC(=O)NCC3CCCO3)c(=O)c2c(C)n1Cc1ccc(Cl)cc1. The number of benzene rings is 1. The Morgan fingerprint density at radius 2 is 2.03 bits per heavy atom. The Kier molecular flexibility index (Phi) is 5.92. The highest BCUT2D eigenvalue weighted by molar-refractivity contribution is 6.30. The summed E-state index contributed by atoms with van der Waals surface area (Å²) in [5.41, 5.74) is 2.67. The van der Waals surface area contributed by atoms with Crippen LogP contribution in [-0.2, 0) is 22.6 Å². The lowest BCUT2D eigenvalue weighted by Crippen LogP contribution is -2.37. The van der Waals surface area contributed by atoms with Crippen molar-refractivity contribution >= 4 is 28.3 Å². The van der Waals surface area contributed by atoms with Gasteiger partial charge in [0.2, 0.25) is 5.91 Å². The molecule has 2 aromatic heterocycles. The van der Waals surface area contributed by atoms with Crippen LogP contribution in [0, 0.1) is 13.8 Å². The van der Waals surface area contributed by atoms with Crippen LogP contribution in [0.1, 0.15) is 29.8 Å². The van der Waals surface area contributed by atoms with E-state index in [1.807, 2.05) is 38.1 Å². The van der Waals surface area contributed by atoms with Crippen molar-refractivity contribution in [1.29, 1.82) is 0 Å². The van der Waals surface area contributed by atoms with Gasteiger partial charge in [0, 0.05) is 41.5 Å². The molecule has 1 N–H and O–H groups in total. The average Bonchev–Trinajstić information content (AvgIpc) is 3.33. The number of nitrogens with zero attached hydrogens (tertiary/aromatic N) is 3. The summed E-state index contributed by atoms with van der Waals surface area (Å²) in [5.74, 6) is -0.241. The van der Waals surface area contributed by atoms with Gasteiger partial charge in [0.1, 0.15) is 6.54 Å². The predicted octanol–water partition coefficient (Wildman–Crippen LogP) is 2.81. The molecule has 1 aliphatic heterocycles. The summed E-state index contributed by atoms with van der Waals surface area (Å²) in [4.78, 5) is 25.4. The first-order chi connectivity index (χ1) is 14.4. The molecule has 1 atom stereocenters. The number of carbonyl (C=O) groups is 1. The first-order valence-corrected chi connectivity index (χ1v) is 10.5. The van der Waals surface area contributed by atoms with E-state index in [9.17, 15) is 9.59 Å². The van der Waals surface area contributed by atoms with Crippen LogP contribution < -0.4 is 10.9 Å². The molecule has 1 amide bonds. The Bertz CT molecular complexity index is 1130. The smallest absolute Gasteiger partial charge is 0.276 e. The molecule has 3 heterocycles. The Balaban J connectivity index is 1.57. The fourth-order valence-corrected chi connectivity index (χ4v) is 4.12. The van der Waals surface area contributed by atoms with Gasteiger partial charge in [-0.25, -0.2) is 4.68 Å². The number of carbonyl (C=O) groups excluding carboxylic acids is 1. The van der Waals surface area contributed by atoms with E-state index in [0.717, 1.165) is 41.8 Å². The van der Waals surface area contributed by atoms with Crippen LogP contribution in [0.4, 0.5) is 0 Å². The number of fused-ring (bicyclic) bond motifs is 1. The number of aryl methyl sites for hydroxylation is 2. The molecule has 0 spiro atoms. The summed E-state index contributed by atoms with van der Waals surface area (Å²) in [6.45, 7) is 5.63. The zero-order chi connectivity index (χ0) is 21.3. The van der Waals surface area contributed by atoms with E-state index in [2.05, 4.69) is 15.0 Å². The number of hydrogen-bond donors (Lipinski definition) is 1. The zero-order valence-electron chi connectivity index (χ0n) is 17.2. The van der Waals surface area contributed by atoms with Crippen molar-refractivity contribution in [2.45, 2.75) is 45.9 Å². The maximum Gasteiger partial charge on any atom is 0.276 e. The van der Waals surface area contributed by atoms with E-state index in [4.69, 9.17) is 16.3 Å². The highest BCUT2D eigenvalue weighted by Crippen LogP contribution is 2.23. The molecule has 1 unspecified atom stereocenters. The second kappa shape index (κ2) is 8.62. The molecule has 8 heteroatoms. The zero-order valence-corrected chi connectivity index (χ0v) is 17.9. The van der Waals surface area contributed by atoms with E-state index >= 15 is 0 Å². The number of aromatic nitrogens is 3. The van der Waals surface area contributed by atoms with Crippen molar-refractivity contribution < 1.29 is 9.53 Å². The van der Waals surface area contributed by atoms with Crippen LogP contribution in [0.2, 0.25) is 5.02 Å². The Morgan fingerprint density at radius 1 is 1.27 bits per heavy atom. The van der Waals surface area contributed by atoms with E-state index in [0.29, 0.717) is 23.5 Å². The van der Waals surface area contributed by atoms with Crippen molar-refractivity contribution in [3.05, 3.63) is 62.8 Å². The summed E-state index contributed by atoms with van der Waals surface area (Å²) in [6.07, 6.45) is 3.70. The summed E-state index contributed by atoms with van der Waals surface area (Å²) in [5, 5.41) is 9.18. The predicted molar refractivity (Wildman–Crippen MR) is 116 cm³/mol. The number of amides is 1. The summed E-state index contributed by atoms with van der Waals surface area (Å²) >= 11 is 5.98. The highest BCUT2D eigenvalue weighted by atomic mass is 35.5. The van der Waals surface area contributed by atoms with Crippen molar-refractivity contribution in [1.82, 2.24) is 19.7 Å². The fourth-order valence-electron chi connectivity index (χ4n) is 3.99. The molecule has 1 aliphatic rings. The van der Waals surface area contributed by atoms with Crippen molar-refractivity contribution in [2.75, 3.05) is 13.2 Å². The van der Waals surface area contributed by atoms with Crippen LogP contribution in [-0.4, -0.2) is 39.5 Å². The minimum Gasteiger partial charge on any atom is -0.376 e. The largest absolute Gasteiger partial charge is 0.376 e. The van der Waals surface area contributed by atoms with Crippen LogP contribution in [0.15, 0.2) is 35.3 Å². The monoisotopic (exact) mass is 428 g/mol. The standard InChI is InChI=1S/C22H25ClN4O3/c1-14-19-11-25-27(13-20(28)24-10-18-4-3-9-30-18)22(29)21(19)15(2)26(14)12-16-5-7-17(23)8-6-16/h5-8,11,18H,3-4,9-10,12-13H2,1-2H3,(H,24,28). The van der Waals surface area contributed by atoms with Crippen molar-refractivity contribution in [2.24, 2.45) is 0 Å². The topological polar surface area (TPSA) is 78.2 Å². The number of hydrogen-bond acceptors (Lipinski definition) is 4. The second-order valence-electron chi connectivity index (χ2n) is 7.72. The molecule has 7 nitrogen and oxygen atoms in total. The Morgan fingerprint density at radius 3 is 2.73 bits per heavy atom. The van der Waals surface area contributed by atoms with E-state index in [-0.39, 0.29) is 24.1 Å². The van der Waals surface area contributed by atoms with Gasteiger partial charge in [-0.2, -0.15) is 5.10 Å². The lowest BCUT2D eigenvalue weighted by molar-refractivity contribution is -0.122. The molecule has 30 heavy (non-hydrogen) atoms. The van der Waals surface area contributed by atoms with Crippen LogP contribution in [0.5, 0.6) is 0 Å². The van der Waals surface area contributed by atoms with Crippen molar-refractivity contribution in [3.63, 3.8) is 0 Å². The molecule has 0 aliphatic carbocycles. The maximum atomic E-state index is 13.1. The van der Waals surface area contributed by atoms with E-state index in [1.54, 1.807) is 6.20 Å². The van der Waals surface area contributed by atoms with Gasteiger partial charge >= 0.3 is 0 Å². The number of halogens is 1. The fraction of sp³-hybridized carbons (Fsp3) is 0.409. The molecule has 4 rings (SSSR count). The molecule has 0 saturated carbocycles. The molecule has 1 saturated heterocycles. The third-order valence-corrected chi connectivity index (χ3v) is 5.96. The quantitative estimate of drug-likeness (QED) is 0.654. The van der Waals surface area contributed by atoms with Gasteiger partial charge in [-0.3, -0.25) is 9.59 Å². The molecular weight excluding hydrogens is 404 g/mol. The first-order valence-electron chi connectivity index (χ1n) is 10.1. The molecule has 158 valence electrons. The molecule has 0 radical (unpaired) electrons. The van der Waals surface area contributed by atoms with Gasteiger partial charge in [0.25, 0.3) is 5.56 Å². The Labute approximate surface area is 179 Å². The van der Waals surface area contributed by atoms with E-state index in [1.165, 1.54) is 4.68 Å².